The second-order valence-corrected chi connectivity index (χ2v) is 8.08. The summed E-state index contributed by atoms with van der Waals surface area (Å²) in [4.78, 5) is 0. The maximum atomic E-state index is 6.39. The van der Waals surface area contributed by atoms with Crippen LogP contribution in [0, 0.1) is 17.3 Å². The number of benzene rings is 1. The second-order valence-electron chi connectivity index (χ2n) is 7.23. The maximum Gasteiger partial charge on any atom is 0.0453 e. The molecule has 1 nitrogen and oxygen atoms in total. The van der Waals surface area contributed by atoms with Gasteiger partial charge in [-0.25, -0.2) is 0 Å². The van der Waals surface area contributed by atoms with Crippen LogP contribution in [0.3, 0.4) is 0 Å². The predicted molar refractivity (Wildman–Crippen MR) is 84.5 cm³/mol. The molecule has 0 heterocycles. The molecule has 4 rings (SSSR count). The van der Waals surface area contributed by atoms with Crippen LogP contribution in [0.2, 0.25) is 10.0 Å². The highest BCUT2D eigenvalue weighted by Gasteiger charge is 2.53. The number of rotatable bonds is 5. The number of halogens is 2. The lowest BCUT2D eigenvalue weighted by atomic mass is 9.77. The van der Waals surface area contributed by atoms with Crippen molar-refractivity contribution in [3.8, 4) is 0 Å². The van der Waals surface area contributed by atoms with Gasteiger partial charge in [0.2, 0.25) is 0 Å². The van der Waals surface area contributed by atoms with Gasteiger partial charge in [-0.05, 0) is 73.5 Å². The van der Waals surface area contributed by atoms with Crippen molar-refractivity contribution in [2.45, 2.75) is 44.6 Å². The van der Waals surface area contributed by atoms with E-state index >= 15 is 0 Å². The first-order valence-electron chi connectivity index (χ1n) is 7.81. The second kappa shape index (κ2) is 4.90. The third-order valence-corrected chi connectivity index (χ3v) is 5.97. The molecule has 0 saturated heterocycles. The molecule has 3 aliphatic rings. The Bertz CT molecular complexity index is 514. The average Bonchev–Trinajstić information content (AvgIpc) is 3.32. The van der Waals surface area contributed by atoms with Crippen LogP contribution in [-0.2, 0) is 6.42 Å². The fourth-order valence-electron chi connectivity index (χ4n) is 4.07. The molecule has 2 unspecified atom stereocenters. The number of fused-ring (bicyclic) bond motifs is 1. The number of hydrogen-bond donors (Lipinski definition) is 1. The van der Waals surface area contributed by atoms with E-state index in [0.29, 0.717) is 5.41 Å². The molecule has 0 bridgehead atoms. The molecule has 0 radical (unpaired) electrons. The van der Waals surface area contributed by atoms with Crippen LogP contribution >= 0.6 is 23.2 Å². The van der Waals surface area contributed by atoms with E-state index in [0.717, 1.165) is 34.3 Å². The van der Waals surface area contributed by atoms with Crippen LogP contribution in [0.1, 0.15) is 37.7 Å². The fraction of sp³-hybridized carbons (Fsp3) is 0.647. The first-order chi connectivity index (χ1) is 9.63. The summed E-state index contributed by atoms with van der Waals surface area (Å²) in [5, 5.41) is 5.33. The van der Waals surface area contributed by atoms with Crippen molar-refractivity contribution in [2.24, 2.45) is 17.3 Å². The number of hydrogen-bond acceptors (Lipinski definition) is 1. The molecule has 3 heteroatoms. The molecule has 2 atom stereocenters. The lowest BCUT2D eigenvalue weighted by Gasteiger charge is -2.32. The van der Waals surface area contributed by atoms with Gasteiger partial charge in [0.15, 0.2) is 0 Å². The van der Waals surface area contributed by atoms with E-state index in [1.807, 2.05) is 12.1 Å². The Balaban J connectivity index is 1.51. The topological polar surface area (TPSA) is 12.0 Å². The molecule has 0 aliphatic heterocycles. The Labute approximate surface area is 131 Å². The molecule has 0 aromatic heterocycles. The van der Waals surface area contributed by atoms with E-state index in [4.69, 9.17) is 23.2 Å². The molecule has 108 valence electrons. The molecule has 20 heavy (non-hydrogen) atoms. The highest BCUT2D eigenvalue weighted by molar-refractivity contribution is 6.35. The van der Waals surface area contributed by atoms with Gasteiger partial charge in [0.1, 0.15) is 0 Å². The summed E-state index contributed by atoms with van der Waals surface area (Å²) in [7, 11) is 0. The van der Waals surface area contributed by atoms with Gasteiger partial charge in [-0.1, -0.05) is 29.3 Å². The van der Waals surface area contributed by atoms with E-state index in [1.54, 1.807) is 0 Å². The van der Waals surface area contributed by atoms with Crippen LogP contribution in [0.4, 0.5) is 0 Å². The van der Waals surface area contributed by atoms with E-state index in [2.05, 4.69) is 11.4 Å². The summed E-state index contributed by atoms with van der Waals surface area (Å²) in [5.74, 6) is 2.00. The highest BCUT2D eigenvalue weighted by atomic mass is 35.5. The van der Waals surface area contributed by atoms with Gasteiger partial charge < -0.3 is 5.32 Å². The van der Waals surface area contributed by atoms with Crippen molar-refractivity contribution in [1.29, 1.82) is 0 Å². The van der Waals surface area contributed by atoms with Gasteiger partial charge in [0.05, 0.1) is 0 Å². The highest BCUT2D eigenvalue weighted by Crippen LogP contribution is 2.61. The fourth-order valence-corrected chi connectivity index (χ4v) is 4.55. The van der Waals surface area contributed by atoms with Crippen molar-refractivity contribution in [3.63, 3.8) is 0 Å². The molecule has 0 amide bonds. The lowest BCUT2D eigenvalue weighted by molar-refractivity contribution is 0.247. The van der Waals surface area contributed by atoms with Crippen LogP contribution in [0.5, 0.6) is 0 Å². The van der Waals surface area contributed by atoms with Gasteiger partial charge in [-0.3, -0.25) is 0 Å². The molecule has 0 spiro atoms. The van der Waals surface area contributed by atoms with Crippen LogP contribution in [0.25, 0.3) is 0 Å². The van der Waals surface area contributed by atoms with Crippen LogP contribution in [-0.4, -0.2) is 12.6 Å². The normalized spacial score (nSPS) is 35.1. The third-order valence-electron chi connectivity index (χ3n) is 5.38. The van der Waals surface area contributed by atoms with Crippen LogP contribution < -0.4 is 5.32 Å². The van der Waals surface area contributed by atoms with Crippen molar-refractivity contribution >= 4 is 23.2 Å². The maximum absolute atomic E-state index is 6.39. The van der Waals surface area contributed by atoms with E-state index in [-0.39, 0.29) is 0 Å². The summed E-state index contributed by atoms with van der Waals surface area (Å²) in [6, 6.07) is 6.77. The minimum absolute atomic E-state index is 0.438. The van der Waals surface area contributed by atoms with E-state index < -0.39 is 0 Å². The van der Waals surface area contributed by atoms with Crippen molar-refractivity contribution < 1.29 is 0 Å². The predicted octanol–water partition coefficient (Wildman–Crippen LogP) is 4.70. The quantitative estimate of drug-likeness (QED) is 0.831. The summed E-state index contributed by atoms with van der Waals surface area (Å²) < 4.78 is 0. The lowest BCUT2D eigenvalue weighted by Crippen LogP contribution is -2.36. The SMILES string of the molecule is Clc1ccc(CC2(CNC3CC3)CC3CC3C2)c(Cl)c1. The Morgan fingerprint density at radius 1 is 1.15 bits per heavy atom. The third kappa shape index (κ3) is 2.73. The van der Waals surface area contributed by atoms with Gasteiger partial charge >= 0.3 is 0 Å². The van der Waals surface area contributed by atoms with Gasteiger partial charge in [-0.15, -0.1) is 0 Å². The number of nitrogens with one attached hydrogen (secondary N) is 1. The first kappa shape index (κ1) is 13.4. The zero-order chi connectivity index (χ0) is 13.7. The minimum Gasteiger partial charge on any atom is -0.313 e. The molecular formula is C17H21Cl2N. The first-order valence-corrected chi connectivity index (χ1v) is 8.56. The summed E-state index contributed by atoms with van der Waals surface area (Å²) >= 11 is 12.4. The molecule has 3 aliphatic carbocycles. The average molecular weight is 310 g/mol. The molecule has 1 aromatic carbocycles. The Morgan fingerprint density at radius 2 is 1.90 bits per heavy atom. The minimum atomic E-state index is 0.438. The zero-order valence-electron chi connectivity index (χ0n) is 11.7. The van der Waals surface area contributed by atoms with Crippen molar-refractivity contribution in [3.05, 3.63) is 33.8 Å². The molecule has 1 aromatic rings. The van der Waals surface area contributed by atoms with E-state index in [1.165, 1.54) is 44.2 Å². The summed E-state index contributed by atoms with van der Waals surface area (Å²) in [5.41, 5.74) is 1.71. The largest absolute Gasteiger partial charge is 0.313 e. The standard InChI is InChI=1S/C17H21Cl2N/c18-14-2-1-11(16(19)6-14)7-17(10-20-15-3-4-15)8-12-5-13(12)9-17/h1-2,6,12-13,15,20H,3-5,7-10H2. The smallest absolute Gasteiger partial charge is 0.0453 e. The Kier molecular flexibility index (Phi) is 3.29. The van der Waals surface area contributed by atoms with Gasteiger partial charge in [0.25, 0.3) is 0 Å². The summed E-state index contributed by atoms with van der Waals surface area (Å²) in [6.45, 7) is 1.17. The van der Waals surface area contributed by atoms with Crippen molar-refractivity contribution in [1.82, 2.24) is 5.32 Å². The zero-order valence-corrected chi connectivity index (χ0v) is 13.2. The van der Waals surface area contributed by atoms with Gasteiger partial charge in [0, 0.05) is 22.6 Å². The molecule has 1 N–H and O–H groups in total. The Morgan fingerprint density at radius 3 is 2.55 bits per heavy atom. The molecular weight excluding hydrogens is 289 g/mol. The van der Waals surface area contributed by atoms with Crippen LogP contribution in [0.15, 0.2) is 18.2 Å². The van der Waals surface area contributed by atoms with E-state index in [9.17, 15) is 0 Å². The summed E-state index contributed by atoms with van der Waals surface area (Å²) in [6.07, 6.45) is 8.08. The monoisotopic (exact) mass is 309 g/mol. The van der Waals surface area contributed by atoms with Gasteiger partial charge in [-0.2, -0.15) is 0 Å². The van der Waals surface area contributed by atoms with Crippen molar-refractivity contribution in [2.75, 3.05) is 6.54 Å². The molecule has 3 saturated carbocycles. The molecule has 3 fully saturated rings. The Hall–Kier alpha value is -0.240.